The summed E-state index contributed by atoms with van der Waals surface area (Å²) in [5.41, 5.74) is 1.62. The van der Waals surface area contributed by atoms with Crippen LogP contribution >= 0.6 is 11.6 Å². The van der Waals surface area contributed by atoms with Crippen molar-refractivity contribution in [3.8, 4) is 5.75 Å². The van der Waals surface area contributed by atoms with Crippen molar-refractivity contribution in [1.29, 1.82) is 0 Å². The first-order valence-corrected chi connectivity index (χ1v) is 4.61. The molecule has 1 rings (SSSR count). The van der Waals surface area contributed by atoms with Gasteiger partial charge in [0.25, 0.3) is 0 Å². The highest BCUT2D eigenvalue weighted by Gasteiger charge is 2.11. The SMILES string of the molecule is CN[C@@H](C)c1ccc(Cl)c(C)c1O. The number of nitrogens with one attached hydrogen (secondary N) is 1. The number of benzene rings is 1. The molecule has 0 amide bonds. The molecule has 2 N–H and O–H groups in total. The number of phenolic OH excluding ortho intramolecular Hbond substituents is 1. The highest BCUT2D eigenvalue weighted by Crippen LogP contribution is 2.31. The van der Waals surface area contributed by atoms with Gasteiger partial charge in [-0.15, -0.1) is 0 Å². The van der Waals surface area contributed by atoms with E-state index in [-0.39, 0.29) is 11.8 Å². The molecule has 0 fully saturated rings. The van der Waals surface area contributed by atoms with Gasteiger partial charge in [0.05, 0.1) is 0 Å². The van der Waals surface area contributed by atoms with Crippen LogP contribution < -0.4 is 5.32 Å². The Labute approximate surface area is 83.5 Å². The minimum absolute atomic E-state index is 0.135. The Kier molecular flexibility index (Phi) is 3.17. The van der Waals surface area contributed by atoms with Crippen molar-refractivity contribution in [2.45, 2.75) is 19.9 Å². The van der Waals surface area contributed by atoms with E-state index in [1.807, 2.05) is 27.0 Å². The molecule has 3 heteroatoms. The summed E-state index contributed by atoms with van der Waals surface area (Å²) in [5, 5.41) is 13.4. The molecule has 0 heterocycles. The lowest BCUT2D eigenvalue weighted by molar-refractivity contribution is 0.454. The Morgan fingerprint density at radius 3 is 2.62 bits per heavy atom. The number of halogens is 1. The number of hydrogen-bond donors (Lipinski definition) is 2. The Hall–Kier alpha value is -0.730. The van der Waals surface area contributed by atoms with Gasteiger partial charge in [0, 0.05) is 22.2 Å². The highest BCUT2D eigenvalue weighted by molar-refractivity contribution is 6.31. The average Bonchev–Trinajstić information content (AvgIpc) is 2.13. The van der Waals surface area contributed by atoms with E-state index < -0.39 is 0 Å². The minimum Gasteiger partial charge on any atom is -0.507 e. The molecule has 1 atom stereocenters. The molecule has 0 bridgehead atoms. The van der Waals surface area contributed by atoms with E-state index in [4.69, 9.17) is 11.6 Å². The van der Waals surface area contributed by atoms with E-state index in [9.17, 15) is 5.11 Å². The van der Waals surface area contributed by atoms with Crippen LogP contribution in [0, 0.1) is 6.92 Å². The third-order valence-corrected chi connectivity index (χ3v) is 2.71. The van der Waals surface area contributed by atoms with E-state index in [0.29, 0.717) is 5.02 Å². The minimum atomic E-state index is 0.135. The summed E-state index contributed by atoms with van der Waals surface area (Å²) in [4.78, 5) is 0. The van der Waals surface area contributed by atoms with Gasteiger partial charge in [-0.25, -0.2) is 0 Å². The molecule has 1 aromatic rings. The summed E-state index contributed by atoms with van der Waals surface area (Å²) in [6.07, 6.45) is 0. The largest absolute Gasteiger partial charge is 0.507 e. The summed E-state index contributed by atoms with van der Waals surface area (Å²) >= 11 is 5.85. The van der Waals surface area contributed by atoms with E-state index in [1.165, 1.54) is 0 Å². The molecule has 0 saturated carbocycles. The quantitative estimate of drug-likeness (QED) is 0.768. The summed E-state index contributed by atoms with van der Waals surface area (Å²) < 4.78 is 0. The van der Waals surface area contributed by atoms with Crippen molar-refractivity contribution in [2.75, 3.05) is 7.05 Å². The fraction of sp³-hybridized carbons (Fsp3) is 0.400. The summed E-state index contributed by atoms with van der Waals surface area (Å²) in [5.74, 6) is 0.286. The summed E-state index contributed by atoms with van der Waals surface area (Å²) in [6.45, 7) is 3.80. The molecule has 72 valence electrons. The molecule has 0 aliphatic heterocycles. The lowest BCUT2D eigenvalue weighted by Gasteiger charge is -2.14. The maximum Gasteiger partial charge on any atom is 0.124 e. The molecule has 2 nitrogen and oxygen atoms in total. The third-order valence-electron chi connectivity index (χ3n) is 2.30. The molecule has 0 spiro atoms. The van der Waals surface area contributed by atoms with Gasteiger partial charge in [-0.05, 0) is 27.0 Å². The van der Waals surface area contributed by atoms with E-state index in [0.717, 1.165) is 11.1 Å². The second-order valence-electron chi connectivity index (χ2n) is 3.12. The van der Waals surface area contributed by atoms with Crippen molar-refractivity contribution >= 4 is 11.6 Å². The molecular formula is C10H14ClNO. The lowest BCUT2D eigenvalue weighted by atomic mass is 10.0. The van der Waals surface area contributed by atoms with Crippen LogP contribution in [0.4, 0.5) is 0 Å². The second kappa shape index (κ2) is 3.99. The first-order valence-electron chi connectivity index (χ1n) is 4.23. The van der Waals surface area contributed by atoms with Crippen LogP contribution in [0.2, 0.25) is 5.02 Å². The van der Waals surface area contributed by atoms with Crippen LogP contribution in [0.25, 0.3) is 0 Å². The van der Waals surface area contributed by atoms with Gasteiger partial charge in [-0.2, -0.15) is 0 Å². The van der Waals surface area contributed by atoms with Gasteiger partial charge in [-0.3, -0.25) is 0 Å². The van der Waals surface area contributed by atoms with Crippen molar-refractivity contribution < 1.29 is 5.11 Å². The van der Waals surface area contributed by atoms with Crippen LogP contribution in [0.3, 0.4) is 0 Å². The third kappa shape index (κ3) is 1.95. The Morgan fingerprint density at radius 2 is 2.08 bits per heavy atom. The highest BCUT2D eigenvalue weighted by atomic mass is 35.5. The predicted octanol–water partition coefficient (Wildman–Crippen LogP) is 2.63. The Bertz CT molecular complexity index is 312. The molecule has 0 radical (unpaired) electrons. The number of rotatable bonds is 2. The molecule has 0 saturated heterocycles. The fourth-order valence-electron chi connectivity index (χ4n) is 1.20. The maximum atomic E-state index is 9.76. The second-order valence-corrected chi connectivity index (χ2v) is 3.53. The standard InChI is InChI=1S/C10H14ClNO/c1-6-9(11)5-4-8(10(6)13)7(2)12-3/h4-5,7,12-13H,1-3H3/t7-/m0/s1. The van der Waals surface area contributed by atoms with Gasteiger partial charge in [0.15, 0.2) is 0 Å². The zero-order valence-corrected chi connectivity index (χ0v) is 8.81. The lowest BCUT2D eigenvalue weighted by Crippen LogP contribution is -2.12. The Morgan fingerprint density at radius 1 is 1.46 bits per heavy atom. The Balaban J connectivity index is 3.18. The molecule has 0 aromatic heterocycles. The van der Waals surface area contributed by atoms with Crippen molar-refractivity contribution in [3.05, 3.63) is 28.3 Å². The van der Waals surface area contributed by atoms with Crippen LogP contribution in [-0.4, -0.2) is 12.2 Å². The number of hydrogen-bond acceptors (Lipinski definition) is 2. The fourth-order valence-corrected chi connectivity index (χ4v) is 1.35. The zero-order valence-electron chi connectivity index (χ0n) is 8.06. The topological polar surface area (TPSA) is 32.3 Å². The van der Waals surface area contributed by atoms with Crippen LogP contribution in [0.15, 0.2) is 12.1 Å². The molecule has 1 aromatic carbocycles. The van der Waals surface area contributed by atoms with E-state index in [1.54, 1.807) is 6.07 Å². The summed E-state index contributed by atoms with van der Waals surface area (Å²) in [7, 11) is 1.86. The van der Waals surface area contributed by atoms with Gasteiger partial charge in [0.1, 0.15) is 5.75 Å². The van der Waals surface area contributed by atoms with Gasteiger partial charge >= 0.3 is 0 Å². The van der Waals surface area contributed by atoms with Crippen molar-refractivity contribution in [2.24, 2.45) is 0 Å². The van der Waals surface area contributed by atoms with Crippen molar-refractivity contribution in [1.82, 2.24) is 5.32 Å². The van der Waals surface area contributed by atoms with Gasteiger partial charge < -0.3 is 10.4 Å². The van der Waals surface area contributed by atoms with Crippen LogP contribution in [0.5, 0.6) is 5.75 Å². The molecule has 0 aliphatic rings. The van der Waals surface area contributed by atoms with Crippen LogP contribution in [0.1, 0.15) is 24.1 Å². The molecular weight excluding hydrogens is 186 g/mol. The van der Waals surface area contributed by atoms with Crippen molar-refractivity contribution in [3.63, 3.8) is 0 Å². The predicted molar refractivity (Wildman–Crippen MR) is 55.3 cm³/mol. The first kappa shape index (κ1) is 10.4. The first-order chi connectivity index (χ1) is 6.07. The van der Waals surface area contributed by atoms with Gasteiger partial charge in [0.2, 0.25) is 0 Å². The normalized spacial score (nSPS) is 12.9. The molecule has 0 aliphatic carbocycles. The van der Waals surface area contributed by atoms with Gasteiger partial charge in [-0.1, -0.05) is 17.7 Å². The summed E-state index contributed by atoms with van der Waals surface area (Å²) in [6, 6.07) is 3.78. The number of aromatic hydroxyl groups is 1. The number of phenols is 1. The average molecular weight is 200 g/mol. The molecule has 13 heavy (non-hydrogen) atoms. The maximum absolute atomic E-state index is 9.76. The zero-order chi connectivity index (χ0) is 10.0. The smallest absolute Gasteiger partial charge is 0.124 e. The van der Waals surface area contributed by atoms with Crippen LogP contribution in [-0.2, 0) is 0 Å². The van der Waals surface area contributed by atoms with E-state index in [2.05, 4.69) is 5.32 Å². The monoisotopic (exact) mass is 199 g/mol. The van der Waals surface area contributed by atoms with E-state index >= 15 is 0 Å². The molecule has 0 unspecified atom stereocenters.